The van der Waals surface area contributed by atoms with E-state index < -0.39 is 0 Å². The van der Waals surface area contributed by atoms with Gasteiger partial charge in [0.1, 0.15) is 0 Å². The Bertz CT molecular complexity index is 307. The van der Waals surface area contributed by atoms with Gasteiger partial charge in [0.05, 0.1) is 6.04 Å². The molecule has 1 aromatic rings. The predicted octanol–water partition coefficient (Wildman–Crippen LogP) is 3.09. The van der Waals surface area contributed by atoms with Gasteiger partial charge in [-0.15, -0.1) is 6.58 Å². The molecule has 0 aliphatic rings. The lowest BCUT2D eigenvalue weighted by molar-refractivity contribution is 0.712. The van der Waals surface area contributed by atoms with E-state index in [9.17, 15) is 0 Å². The number of halogens is 1. The summed E-state index contributed by atoms with van der Waals surface area (Å²) >= 11 is 5.91. The van der Waals surface area contributed by atoms with Crippen molar-refractivity contribution in [3.8, 4) is 0 Å². The zero-order chi connectivity index (χ0) is 9.84. The minimum atomic E-state index is 0.179. The number of rotatable bonds is 3. The van der Waals surface area contributed by atoms with Crippen LogP contribution in [0.3, 0.4) is 0 Å². The fraction of sp³-hybridized carbons (Fsp3) is 0.273. The number of hydrogen-bond acceptors (Lipinski definition) is 1. The molecule has 0 aromatic heterocycles. The van der Waals surface area contributed by atoms with Crippen LogP contribution >= 0.6 is 11.6 Å². The second kappa shape index (κ2) is 4.45. The summed E-state index contributed by atoms with van der Waals surface area (Å²) in [5, 5.41) is 3.93. The second-order valence-corrected chi connectivity index (χ2v) is 3.44. The van der Waals surface area contributed by atoms with Crippen molar-refractivity contribution in [3.05, 3.63) is 47.0 Å². The lowest BCUT2D eigenvalue weighted by Crippen LogP contribution is -2.14. The van der Waals surface area contributed by atoms with Crippen molar-refractivity contribution < 1.29 is 0 Å². The fourth-order valence-electron chi connectivity index (χ4n) is 1.35. The van der Waals surface area contributed by atoms with Gasteiger partial charge in [-0.05, 0) is 37.2 Å². The highest BCUT2D eigenvalue weighted by molar-refractivity contribution is 6.30. The van der Waals surface area contributed by atoms with Crippen LogP contribution in [0.4, 0.5) is 0 Å². The van der Waals surface area contributed by atoms with Crippen LogP contribution in [0.15, 0.2) is 30.9 Å². The summed E-state index contributed by atoms with van der Waals surface area (Å²) in [6, 6.07) is 6.07. The highest BCUT2D eigenvalue weighted by Gasteiger charge is 2.07. The molecular weight excluding hydrogens is 182 g/mol. The van der Waals surface area contributed by atoms with Crippen molar-refractivity contribution in [2.24, 2.45) is 0 Å². The summed E-state index contributed by atoms with van der Waals surface area (Å²) in [6.07, 6.45) is 1.87. The Kier molecular flexibility index (Phi) is 3.52. The Hall–Kier alpha value is -0.790. The van der Waals surface area contributed by atoms with Crippen molar-refractivity contribution in [2.75, 3.05) is 7.05 Å². The van der Waals surface area contributed by atoms with Crippen LogP contribution in [0.1, 0.15) is 17.2 Å². The van der Waals surface area contributed by atoms with Gasteiger partial charge in [0.25, 0.3) is 0 Å². The maximum absolute atomic E-state index is 5.91. The summed E-state index contributed by atoms with van der Waals surface area (Å²) in [5.41, 5.74) is 2.41. The van der Waals surface area contributed by atoms with Crippen LogP contribution in [-0.4, -0.2) is 7.05 Å². The summed E-state index contributed by atoms with van der Waals surface area (Å²) in [5.74, 6) is 0. The quantitative estimate of drug-likeness (QED) is 0.731. The molecule has 0 amide bonds. The minimum absolute atomic E-state index is 0.179. The fourth-order valence-corrected chi connectivity index (χ4v) is 1.53. The first-order valence-electron chi connectivity index (χ1n) is 4.25. The third kappa shape index (κ3) is 2.33. The molecule has 1 N–H and O–H groups in total. The normalized spacial score (nSPS) is 12.5. The lowest BCUT2D eigenvalue weighted by atomic mass is 10.0. The number of nitrogens with one attached hydrogen (secondary N) is 1. The van der Waals surface area contributed by atoms with E-state index in [1.54, 1.807) is 0 Å². The average molecular weight is 196 g/mol. The molecule has 1 unspecified atom stereocenters. The molecule has 0 radical (unpaired) electrons. The van der Waals surface area contributed by atoms with E-state index in [2.05, 4.69) is 18.8 Å². The highest BCUT2D eigenvalue weighted by atomic mass is 35.5. The second-order valence-electron chi connectivity index (χ2n) is 3.00. The molecule has 0 aliphatic heterocycles. The molecule has 1 atom stereocenters. The summed E-state index contributed by atoms with van der Waals surface area (Å²) in [4.78, 5) is 0. The van der Waals surface area contributed by atoms with Crippen LogP contribution < -0.4 is 5.32 Å². The zero-order valence-corrected chi connectivity index (χ0v) is 8.73. The van der Waals surface area contributed by atoms with Crippen LogP contribution in [0.25, 0.3) is 0 Å². The molecule has 0 spiro atoms. The molecule has 0 saturated carbocycles. The van der Waals surface area contributed by atoms with E-state index in [1.165, 1.54) is 11.1 Å². The van der Waals surface area contributed by atoms with Crippen LogP contribution in [0, 0.1) is 6.92 Å². The largest absolute Gasteiger partial charge is 0.310 e. The van der Waals surface area contributed by atoms with Gasteiger partial charge in [0.15, 0.2) is 0 Å². The van der Waals surface area contributed by atoms with Gasteiger partial charge >= 0.3 is 0 Å². The Labute approximate surface area is 84.4 Å². The summed E-state index contributed by atoms with van der Waals surface area (Å²) in [6.45, 7) is 5.84. The molecule has 0 saturated heterocycles. The molecule has 13 heavy (non-hydrogen) atoms. The zero-order valence-electron chi connectivity index (χ0n) is 7.97. The van der Waals surface area contributed by atoms with E-state index in [0.717, 1.165) is 5.02 Å². The molecule has 2 heteroatoms. The first-order chi connectivity index (χ1) is 6.19. The smallest absolute Gasteiger partial charge is 0.0504 e. The minimum Gasteiger partial charge on any atom is -0.310 e. The van der Waals surface area contributed by atoms with Gasteiger partial charge in [-0.1, -0.05) is 23.7 Å². The molecule has 1 rings (SSSR count). The molecule has 70 valence electrons. The lowest BCUT2D eigenvalue weighted by Gasteiger charge is -2.14. The Balaban J connectivity index is 3.10. The Morgan fingerprint density at radius 1 is 1.54 bits per heavy atom. The van der Waals surface area contributed by atoms with Gasteiger partial charge in [-0.3, -0.25) is 0 Å². The van der Waals surface area contributed by atoms with E-state index in [-0.39, 0.29) is 6.04 Å². The van der Waals surface area contributed by atoms with Gasteiger partial charge in [0.2, 0.25) is 0 Å². The summed E-state index contributed by atoms with van der Waals surface area (Å²) in [7, 11) is 1.91. The molecule has 0 aliphatic carbocycles. The molecule has 0 bridgehead atoms. The maximum atomic E-state index is 5.91. The third-order valence-electron chi connectivity index (χ3n) is 2.12. The SMILES string of the molecule is C=CC(NC)c1cc(Cl)ccc1C. The first kappa shape index (κ1) is 10.3. The molecular formula is C11H14ClN. The van der Waals surface area contributed by atoms with Crippen molar-refractivity contribution in [1.82, 2.24) is 5.32 Å². The van der Waals surface area contributed by atoms with Gasteiger partial charge in [-0.2, -0.15) is 0 Å². The van der Waals surface area contributed by atoms with E-state index in [1.807, 2.05) is 31.3 Å². The number of aryl methyl sites for hydroxylation is 1. The molecule has 1 nitrogen and oxygen atoms in total. The Morgan fingerprint density at radius 3 is 2.77 bits per heavy atom. The highest BCUT2D eigenvalue weighted by Crippen LogP contribution is 2.22. The van der Waals surface area contributed by atoms with E-state index in [0.29, 0.717) is 0 Å². The van der Waals surface area contributed by atoms with Crippen LogP contribution in [-0.2, 0) is 0 Å². The first-order valence-corrected chi connectivity index (χ1v) is 4.62. The molecule has 0 heterocycles. The predicted molar refractivity (Wildman–Crippen MR) is 58.2 cm³/mol. The number of likely N-dealkylation sites (N-methyl/N-ethyl adjacent to an activating group) is 1. The van der Waals surface area contributed by atoms with Crippen LogP contribution in [0.2, 0.25) is 5.02 Å². The molecule has 1 aromatic carbocycles. The van der Waals surface area contributed by atoms with Crippen LogP contribution in [0.5, 0.6) is 0 Å². The summed E-state index contributed by atoms with van der Waals surface area (Å²) < 4.78 is 0. The molecule has 0 fully saturated rings. The standard InChI is InChI=1S/C11H14ClN/c1-4-11(13-3)10-7-9(12)6-5-8(10)2/h4-7,11,13H,1H2,2-3H3. The average Bonchev–Trinajstić information content (AvgIpc) is 2.13. The van der Waals surface area contributed by atoms with E-state index in [4.69, 9.17) is 11.6 Å². The Morgan fingerprint density at radius 2 is 2.23 bits per heavy atom. The van der Waals surface area contributed by atoms with Crippen molar-refractivity contribution in [2.45, 2.75) is 13.0 Å². The van der Waals surface area contributed by atoms with Crippen molar-refractivity contribution in [3.63, 3.8) is 0 Å². The number of hydrogen-bond donors (Lipinski definition) is 1. The maximum Gasteiger partial charge on any atom is 0.0504 e. The van der Waals surface area contributed by atoms with Gasteiger partial charge in [0, 0.05) is 5.02 Å². The van der Waals surface area contributed by atoms with Crippen molar-refractivity contribution in [1.29, 1.82) is 0 Å². The van der Waals surface area contributed by atoms with E-state index >= 15 is 0 Å². The monoisotopic (exact) mass is 195 g/mol. The van der Waals surface area contributed by atoms with Crippen molar-refractivity contribution >= 4 is 11.6 Å². The number of benzene rings is 1. The topological polar surface area (TPSA) is 12.0 Å². The van der Waals surface area contributed by atoms with Gasteiger partial charge < -0.3 is 5.32 Å². The third-order valence-corrected chi connectivity index (χ3v) is 2.36. The van der Waals surface area contributed by atoms with Gasteiger partial charge in [-0.25, -0.2) is 0 Å².